The number of thiophene rings is 1. The van der Waals surface area contributed by atoms with Crippen molar-refractivity contribution in [1.29, 1.82) is 0 Å². The van der Waals surface area contributed by atoms with E-state index in [1.807, 2.05) is 41.6 Å². The van der Waals surface area contributed by atoms with Gasteiger partial charge in [0.2, 0.25) is 0 Å². The van der Waals surface area contributed by atoms with E-state index in [9.17, 15) is 9.18 Å². The number of piperidine rings is 1. The van der Waals surface area contributed by atoms with Crippen molar-refractivity contribution in [2.45, 2.75) is 25.3 Å². The van der Waals surface area contributed by atoms with Crippen LogP contribution in [0.4, 0.5) is 4.39 Å². The van der Waals surface area contributed by atoms with Gasteiger partial charge in [-0.3, -0.25) is 4.79 Å². The van der Waals surface area contributed by atoms with Crippen LogP contribution < -0.4 is 0 Å². The molecule has 1 atom stereocenters. The molecule has 27 heavy (non-hydrogen) atoms. The van der Waals surface area contributed by atoms with E-state index in [4.69, 9.17) is 5.11 Å². The molecule has 4 nitrogen and oxygen atoms in total. The number of likely N-dealkylation sites (N-methyl/N-ethyl adjacent to an activating group) is 1. The number of amides is 1. The van der Waals surface area contributed by atoms with Crippen molar-refractivity contribution in [3.63, 3.8) is 0 Å². The molecule has 3 rings (SSSR count). The van der Waals surface area contributed by atoms with E-state index >= 15 is 0 Å². The Morgan fingerprint density at radius 2 is 2.04 bits per heavy atom. The predicted octanol–water partition coefficient (Wildman–Crippen LogP) is 3.27. The molecule has 1 amide bonds. The minimum absolute atomic E-state index is 0.00382. The van der Waals surface area contributed by atoms with Crippen LogP contribution in [0.15, 0.2) is 41.8 Å². The summed E-state index contributed by atoms with van der Waals surface area (Å²) in [6.07, 6.45) is 2.41. The summed E-state index contributed by atoms with van der Waals surface area (Å²) < 4.78 is 14.3. The average molecular weight is 391 g/mol. The van der Waals surface area contributed by atoms with Crippen LogP contribution in [0.3, 0.4) is 0 Å². The molecule has 0 radical (unpaired) electrons. The molecule has 2 aromatic rings. The number of benzene rings is 1. The zero-order valence-electron chi connectivity index (χ0n) is 15.7. The number of nitrogens with zero attached hydrogens (tertiary/aromatic N) is 2. The van der Waals surface area contributed by atoms with E-state index in [-0.39, 0.29) is 24.4 Å². The van der Waals surface area contributed by atoms with Gasteiger partial charge in [0.1, 0.15) is 5.82 Å². The Morgan fingerprint density at radius 3 is 2.67 bits per heavy atom. The lowest BCUT2D eigenvalue weighted by Crippen LogP contribution is -2.47. The first-order valence-corrected chi connectivity index (χ1v) is 10.4. The second kappa shape index (κ2) is 9.44. The number of halogens is 1. The van der Waals surface area contributed by atoms with Gasteiger partial charge >= 0.3 is 0 Å². The number of hydrogen-bond acceptors (Lipinski definition) is 4. The number of rotatable bonds is 7. The maximum Gasteiger partial charge on any atom is 0.263 e. The van der Waals surface area contributed by atoms with Crippen molar-refractivity contribution in [1.82, 2.24) is 9.80 Å². The summed E-state index contributed by atoms with van der Waals surface area (Å²) in [5.74, 6) is 0.106. The van der Waals surface area contributed by atoms with Gasteiger partial charge < -0.3 is 14.9 Å². The van der Waals surface area contributed by atoms with E-state index in [0.717, 1.165) is 25.9 Å². The quantitative estimate of drug-likeness (QED) is 0.789. The van der Waals surface area contributed by atoms with Crippen LogP contribution in [-0.2, 0) is 6.42 Å². The SMILES string of the molecule is CN(C(=O)c1cccs1)C(Cc1ccccc1F)C1CCN(CCO)CC1. The molecular formula is C21H27FN2O2S. The van der Waals surface area contributed by atoms with Crippen molar-refractivity contribution in [2.75, 3.05) is 33.3 Å². The first-order chi connectivity index (χ1) is 13.1. The Kier molecular flexibility index (Phi) is 6.99. The standard InChI is InChI=1S/C21H27FN2O2S/c1-23(21(26)20-7-4-14-27-20)19(15-17-5-2-3-6-18(17)22)16-8-10-24(11-9-16)12-13-25/h2-7,14,16,19,25H,8-13,15H2,1H3. The van der Waals surface area contributed by atoms with Crippen LogP contribution >= 0.6 is 11.3 Å². The van der Waals surface area contributed by atoms with E-state index in [1.165, 1.54) is 17.4 Å². The lowest BCUT2D eigenvalue weighted by Gasteiger charge is -2.40. The lowest BCUT2D eigenvalue weighted by atomic mass is 9.84. The largest absolute Gasteiger partial charge is 0.395 e. The van der Waals surface area contributed by atoms with Crippen LogP contribution in [0.1, 0.15) is 28.1 Å². The Labute approximate surface area is 164 Å². The molecule has 0 spiro atoms. The number of β-amino-alcohol motifs (C(OH)–C–C–N with tert-alkyl or cyclic N) is 1. The van der Waals surface area contributed by atoms with E-state index in [0.29, 0.717) is 29.3 Å². The molecule has 1 N–H and O–H groups in total. The lowest BCUT2D eigenvalue weighted by molar-refractivity contribution is 0.0579. The maximum atomic E-state index is 14.3. The van der Waals surface area contributed by atoms with Gasteiger partial charge in [-0.2, -0.15) is 0 Å². The highest BCUT2D eigenvalue weighted by Crippen LogP contribution is 2.28. The van der Waals surface area contributed by atoms with Crippen molar-refractivity contribution in [2.24, 2.45) is 5.92 Å². The zero-order valence-corrected chi connectivity index (χ0v) is 16.5. The summed E-state index contributed by atoms with van der Waals surface area (Å²) in [6, 6.07) is 10.5. The van der Waals surface area contributed by atoms with Gasteiger partial charge in [0, 0.05) is 19.6 Å². The fourth-order valence-corrected chi connectivity index (χ4v) is 4.64. The monoisotopic (exact) mass is 390 g/mol. The van der Waals surface area contributed by atoms with E-state index in [2.05, 4.69) is 4.90 Å². The van der Waals surface area contributed by atoms with Crippen molar-refractivity contribution in [3.05, 3.63) is 58.0 Å². The van der Waals surface area contributed by atoms with Crippen LogP contribution in [-0.4, -0.2) is 60.1 Å². The smallest absolute Gasteiger partial charge is 0.263 e. The van der Waals surface area contributed by atoms with E-state index in [1.54, 1.807) is 6.07 Å². The molecule has 1 fully saturated rings. The Hall–Kier alpha value is -1.76. The predicted molar refractivity (Wildman–Crippen MR) is 107 cm³/mol. The molecule has 1 aliphatic rings. The zero-order chi connectivity index (χ0) is 19.2. The molecule has 1 aromatic carbocycles. The fraction of sp³-hybridized carbons (Fsp3) is 0.476. The first kappa shape index (κ1) is 20.0. The van der Waals surface area contributed by atoms with E-state index < -0.39 is 0 Å². The third-order valence-corrected chi connectivity index (χ3v) is 6.39. The number of likely N-dealkylation sites (tertiary alicyclic amines) is 1. The maximum absolute atomic E-state index is 14.3. The number of carbonyl (C=O) groups is 1. The van der Waals surface area contributed by atoms with Gasteiger partial charge in [0.25, 0.3) is 5.91 Å². The van der Waals surface area contributed by atoms with Gasteiger partial charge in [-0.05, 0) is 61.3 Å². The average Bonchev–Trinajstić information content (AvgIpc) is 3.22. The second-order valence-electron chi connectivity index (χ2n) is 7.16. The molecule has 1 saturated heterocycles. The molecule has 1 aliphatic heterocycles. The van der Waals surface area contributed by atoms with Crippen molar-refractivity contribution in [3.8, 4) is 0 Å². The normalized spacial score (nSPS) is 17.0. The molecule has 1 unspecified atom stereocenters. The van der Waals surface area contributed by atoms with Gasteiger partial charge in [0.15, 0.2) is 0 Å². The van der Waals surface area contributed by atoms with Crippen LogP contribution in [0.25, 0.3) is 0 Å². The Bertz CT molecular complexity index is 730. The van der Waals surface area contributed by atoms with Gasteiger partial charge in [-0.25, -0.2) is 4.39 Å². The number of aliphatic hydroxyl groups excluding tert-OH is 1. The summed E-state index contributed by atoms with van der Waals surface area (Å²) >= 11 is 1.44. The molecule has 1 aromatic heterocycles. The highest BCUT2D eigenvalue weighted by molar-refractivity contribution is 7.12. The third kappa shape index (κ3) is 4.94. The Balaban J connectivity index is 1.78. The summed E-state index contributed by atoms with van der Waals surface area (Å²) in [5, 5.41) is 11.1. The molecule has 6 heteroatoms. The van der Waals surface area contributed by atoms with Crippen LogP contribution in [0.5, 0.6) is 0 Å². The van der Waals surface area contributed by atoms with Crippen LogP contribution in [0.2, 0.25) is 0 Å². The number of aliphatic hydroxyl groups is 1. The summed E-state index contributed by atoms with van der Waals surface area (Å²) in [5.41, 5.74) is 0.658. The minimum Gasteiger partial charge on any atom is -0.395 e. The summed E-state index contributed by atoms with van der Waals surface area (Å²) in [4.78, 5) is 17.7. The minimum atomic E-state index is -0.211. The van der Waals surface area contributed by atoms with Gasteiger partial charge in [0.05, 0.1) is 11.5 Å². The molecule has 146 valence electrons. The second-order valence-corrected chi connectivity index (χ2v) is 8.11. The first-order valence-electron chi connectivity index (χ1n) is 9.47. The third-order valence-electron chi connectivity index (χ3n) is 5.53. The molecule has 0 saturated carbocycles. The van der Waals surface area contributed by atoms with Crippen molar-refractivity contribution >= 4 is 17.2 Å². The molecular weight excluding hydrogens is 363 g/mol. The highest BCUT2D eigenvalue weighted by atomic mass is 32.1. The topological polar surface area (TPSA) is 43.8 Å². The van der Waals surface area contributed by atoms with Gasteiger partial charge in [-0.15, -0.1) is 11.3 Å². The number of hydrogen-bond donors (Lipinski definition) is 1. The molecule has 0 aliphatic carbocycles. The van der Waals surface area contributed by atoms with Crippen molar-refractivity contribution < 1.29 is 14.3 Å². The molecule has 0 bridgehead atoms. The summed E-state index contributed by atoms with van der Waals surface area (Å²) in [6.45, 7) is 2.66. The summed E-state index contributed by atoms with van der Waals surface area (Å²) in [7, 11) is 1.84. The molecule has 2 heterocycles. The Morgan fingerprint density at radius 1 is 1.30 bits per heavy atom. The number of carbonyl (C=O) groups excluding carboxylic acids is 1. The van der Waals surface area contributed by atoms with Gasteiger partial charge in [-0.1, -0.05) is 24.3 Å². The fourth-order valence-electron chi connectivity index (χ4n) is 3.94. The highest BCUT2D eigenvalue weighted by Gasteiger charge is 2.32. The van der Waals surface area contributed by atoms with Crippen LogP contribution in [0, 0.1) is 11.7 Å².